The van der Waals surface area contributed by atoms with Crippen molar-refractivity contribution < 1.29 is 19.1 Å². The average Bonchev–Trinajstić information content (AvgIpc) is 3.39. The summed E-state index contributed by atoms with van der Waals surface area (Å²) in [6, 6.07) is 13.9. The second-order valence-electron chi connectivity index (χ2n) is 6.30. The van der Waals surface area contributed by atoms with Crippen molar-refractivity contribution in [2.75, 3.05) is 12.5 Å². The zero-order valence-electron chi connectivity index (χ0n) is 16.0. The fourth-order valence-corrected chi connectivity index (χ4v) is 3.95. The number of thiazole rings is 1. The summed E-state index contributed by atoms with van der Waals surface area (Å²) in [5, 5.41) is 14.4. The Morgan fingerprint density at radius 3 is 2.87 bits per heavy atom. The fourth-order valence-electron chi connectivity index (χ4n) is 2.85. The second kappa shape index (κ2) is 8.17. The second-order valence-corrected chi connectivity index (χ2v) is 7.71. The van der Waals surface area contributed by atoms with Gasteiger partial charge in [0.2, 0.25) is 5.13 Å². The first-order valence-corrected chi connectivity index (χ1v) is 10.0. The molecular formula is C21H16ClN3O4S. The number of carbonyl (C=O) groups is 1. The lowest BCUT2D eigenvalue weighted by Crippen LogP contribution is -1.98. The number of aromatic carboxylic acids is 1. The van der Waals surface area contributed by atoms with Crippen molar-refractivity contribution in [2.24, 2.45) is 5.10 Å². The number of nitrogens with zero attached hydrogens (tertiary/aromatic N) is 2. The number of hydrogen-bond acceptors (Lipinski definition) is 7. The SMILES string of the molecule is COc1cccc2nc(N/N=C(\C)c3ccc(-c4ccc(Cl)c(C(=O)O)c4)o3)sc12. The maximum Gasteiger partial charge on any atom is 0.337 e. The van der Waals surface area contributed by atoms with Crippen molar-refractivity contribution >= 4 is 50.0 Å². The van der Waals surface area contributed by atoms with E-state index in [1.54, 1.807) is 32.2 Å². The molecule has 2 aromatic heterocycles. The van der Waals surface area contributed by atoms with Crippen LogP contribution in [0.25, 0.3) is 21.5 Å². The van der Waals surface area contributed by atoms with Gasteiger partial charge >= 0.3 is 5.97 Å². The summed E-state index contributed by atoms with van der Waals surface area (Å²) in [7, 11) is 1.62. The molecule has 7 nitrogen and oxygen atoms in total. The number of benzene rings is 2. The number of fused-ring (bicyclic) bond motifs is 1. The molecular weight excluding hydrogens is 426 g/mol. The van der Waals surface area contributed by atoms with E-state index in [1.165, 1.54) is 23.5 Å². The van der Waals surface area contributed by atoms with Gasteiger partial charge in [-0.15, -0.1) is 0 Å². The number of halogens is 1. The Morgan fingerprint density at radius 1 is 1.27 bits per heavy atom. The van der Waals surface area contributed by atoms with Crippen molar-refractivity contribution in [3.63, 3.8) is 0 Å². The van der Waals surface area contributed by atoms with Crippen molar-refractivity contribution in [1.82, 2.24) is 4.98 Å². The highest BCUT2D eigenvalue weighted by atomic mass is 35.5. The zero-order valence-corrected chi connectivity index (χ0v) is 17.5. The van der Waals surface area contributed by atoms with Crippen LogP contribution >= 0.6 is 22.9 Å². The van der Waals surface area contributed by atoms with Gasteiger partial charge in [0.05, 0.1) is 27.9 Å². The molecule has 0 atom stereocenters. The molecule has 0 aliphatic rings. The molecule has 152 valence electrons. The van der Waals surface area contributed by atoms with E-state index < -0.39 is 5.97 Å². The Balaban J connectivity index is 1.56. The van der Waals surface area contributed by atoms with Gasteiger partial charge in [-0.25, -0.2) is 9.78 Å². The number of anilines is 1. The van der Waals surface area contributed by atoms with E-state index in [9.17, 15) is 9.90 Å². The van der Waals surface area contributed by atoms with Crippen LogP contribution in [0.1, 0.15) is 23.0 Å². The Labute approximate surface area is 180 Å². The third-order valence-electron chi connectivity index (χ3n) is 4.36. The average molecular weight is 442 g/mol. The number of ether oxygens (including phenoxy) is 1. The number of hydrogen-bond donors (Lipinski definition) is 2. The number of furan rings is 1. The Hall–Kier alpha value is -3.36. The van der Waals surface area contributed by atoms with Gasteiger partial charge in [0.15, 0.2) is 5.76 Å². The van der Waals surface area contributed by atoms with Crippen LogP contribution < -0.4 is 10.2 Å². The number of carboxylic acids is 1. The molecule has 0 spiro atoms. The third kappa shape index (κ3) is 3.87. The molecule has 0 fully saturated rings. The minimum Gasteiger partial charge on any atom is -0.495 e. The quantitative estimate of drug-likeness (QED) is 0.292. The van der Waals surface area contributed by atoms with Crippen LogP contribution in [0.5, 0.6) is 5.75 Å². The first-order valence-electron chi connectivity index (χ1n) is 8.83. The highest BCUT2D eigenvalue weighted by molar-refractivity contribution is 7.22. The number of carboxylic acid groups (broad SMARTS) is 1. The molecule has 2 heterocycles. The van der Waals surface area contributed by atoms with Crippen LogP contribution in [0.2, 0.25) is 5.02 Å². The molecule has 0 saturated heterocycles. The van der Waals surface area contributed by atoms with Crippen molar-refractivity contribution in [2.45, 2.75) is 6.92 Å². The van der Waals surface area contributed by atoms with E-state index in [2.05, 4.69) is 15.5 Å². The number of aromatic nitrogens is 1. The maximum absolute atomic E-state index is 11.3. The maximum atomic E-state index is 11.3. The van der Waals surface area contributed by atoms with Gasteiger partial charge < -0.3 is 14.3 Å². The van der Waals surface area contributed by atoms with Crippen molar-refractivity contribution in [1.29, 1.82) is 0 Å². The Bertz CT molecular complexity index is 1280. The van der Waals surface area contributed by atoms with E-state index in [4.69, 9.17) is 20.8 Å². The minimum absolute atomic E-state index is 0.0189. The molecule has 0 bridgehead atoms. The Morgan fingerprint density at radius 2 is 2.10 bits per heavy atom. The number of methoxy groups -OCH3 is 1. The lowest BCUT2D eigenvalue weighted by molar-refractivity contribution is 0.0697. The van der Waals surface area contributed by atoms with Crippen LogP contribution in [0.3, 0.4) is 0 Å². The largest absolute Gasteiger partial charge is 0.495 e. The van der Waals surface area contributed by atoms with Crippen LogP contribution in [-0.4, -0.2) is 28.9 Å². The van der Waals surface area contributed by atoms with E-state index in [0.29, 0.717) is 27.9 Å². The minimum atomic E-state index is -1.09. The highest BCUT2D eigenvalue weighted by Gasteiger charge is 2.14. The summed E-state index contributed by atoms with van der Waals surface area (Å²) in [6.45, 7) is 1.80. The van der Waals surface area contributed by atoms with Gasteiger partial charge in [-0.2, -0.15) is 5.10 Å². The van der Waals surface area contributed by atoms with E-state index >= 15 is 0 Å². The third-order valence-corrected chi connectivity index (χ3v) is 5.68. The lowest BCUT2D eigenvalue weighted by atomic mass is 10.1. The smallest absolute Gasteiger partial charge is 0.337 e. The molecule has 4 rings (SSSR count). The standard InChI is InChI=1S/C21H16ClN3O4S/c1-11(24-25-21-23-15-4-3-5-18(28-2)19(15)30-21)16-8-9-17(29-16)12-6-7-14(22)13(10-12)20(26)27/h3-10H,1-2H3,(H,23,25)(H,26,27)/b24-11+. The number of hydrazone groups is 1. The molecule has 0 unspecified atom stereocenters. The molecule has 0 saturated carbocycles. The summed E-state index contributed by atoms with van der Waals surface area (Å²) in [5.74, 6) is 0.729. The van der Waals surface area contributed by atoms with Gasteiger partial charge in [-0.3, -0.25) is 5.43 Å². The molecule has 0 radical (unpaired) electrons. The zero-order chi connectivity index (χ0) is 21.3. The van der Waals surface area contributed by atoms with Gasteiger partial charge in [0.1, 0.15) is 17.2 Å². The van der Waals surface area contributed by atoms with E-state index in [-0.39, 0.29) is 10.6 Å². The summed E-state index contributed by atoms with van der Waals surface area (Å²) < 4.78 is 12.1. The van der Waals surface area contributed by atoms with Crippen LogP contribution in [0.15, 0.2) is 58.0 Å². The molecule has 4 aromatic rings. The van der Waals surface area contributed by atoms with Gasteiger partial charge in [-0.1, -0.05) is 29.0 Å². The monoisotopic (exact) mass is 441 g/mol. The summed E-state index contributed by atoms with van der Waals surface area (Å²) in [5.41, 5.74) is 5.02. The number of rotatable bonds is 6. The predicted molar refractivity (Wildman–Crippen MR) is 118 cm³/mol. The summed E-state index contributed by atoms with van der Waals surface area (Å²) >= 11 is 7.37. The van der Waals surface area contributed by atoms with Crippen molar-refractivity contribution in [3.8, 4) is 17.1 Å². The van der Waals surface area contributed by atoms with Crippen molar-refractivity contribution in [3.05, 3.63) is 64.9 Å². The molecule has 0 amide bonds. The normalized spacial score (nSPS) is 11.6. The molecule has 2 aromatic carbocycles. The summed E-state index contributed by atoms with van der Waals surface area (Å²) in [4.78, 5) is 15.8. The van der Waals surface area contributed by atoms with Gasteiger partial charge in [0.25, 0.3) is 0 Å². The predicted octanol–water partition coefficient (Wildman–Crippen LogP) is 5.75. The van der Waals surface area contributed by atoms with Gasteiger partial charge in [0, 0.05) is 5.56 Å². The fraction of sp³-hybridized carbons (Fsp3) is 0.0952. The molecule has 2 N–H and O–H groups in total. The first kappa shape index (κ1) is 19.9. The molecule has 0 aliphatic carbocycles. The highest BCUT2D eigenvalue weighted by Crippen LogP contribution is 2.33. The van der Waals surface area contributed by atoms with E-state index in [0.717, 1.165) is 16.0 Å². The molecule has 9 heteroatoms. The Kier molecular flexibility index (Phi) is 5.43. The lowest BCUT2D eigenvalue weighted by Gasteiger charge is -2.02. The number of nitrogens with one attached hydrogen (secondary N) is 1. The summed E-state index contributed by atoms with van der Waals surface area (Å²) in [6.07, 6.45) is 0. The van der Waals surface area contributed by atoms with Gasteiger partial charge in [-0.05, 0) is 49.4 Å². The molecule has 0 aliphatic heterocycles. The molecule has 30 heavy (non-hydrogen) atoms. The van der Waals surface area contributed by atoms with Crippen LogP contribution in [0.4, 0.5) is 5.13 Å². The van der Waals surface area contributed by atoms with E-state index in [1.807, 2.05) is 18.2 Å². The first-order chi connectivity index (χ1) is 14.5. The topological polar surface area (TPSA) is 97.0 Å². The van der Waals surface area contributed by atoms with Crippen LogP contribution in [-0.2, 0) is 0 Å². The van der Waals surface area contributed by atoms with Crippen LogP contribution in [0, 0.1) is 0 Å².